The Bertz CT molecular complexity index is 498. The van der Waals surface area contributed by atoms with Gasteiger partial charge in [0.25, 0.3) is 0 Å². The smallest absolute Gasteiger partial charge is 0.185 e. The largest absolute Gasteiger partial charge is 0.379 e. The summed E-state index contributed by atoms with van der Waals surface area (Å²) in [5, 5.41) is 4.82. The number of anilines is 1. The maximum absolute atomic E-state index is 6.06. The number of halogens is 2. The van der Waals surface area contributed by atoms with Crippen molar-refractivity contribution < 1.29 is 4.74 Å². The normalized spacial score (nSPS) is 15.4. The first-order valence-corrected chi connectivity index (χ1v) is 8.36. The standard InChI is InChI=1S/C14H20Cl2N4OS/c15-11-2-3-13(12(16)10-11)18-19-14(22)17-4-1-5-20-6-8-21-9-7-20/h2-3,10,18H,1,4-9H2,(H2,17,19,22). The molecule has 1 fully saturated rings. The Kier molecular flexibility index (Phi) is 7.48. The highest BCUT2D eigenvalue weighted by molar-refractivity contribution is 7.80. The van der Waals surface area contributed by atoms with Gasteiger partial charge in [0.1, 0.15) is 0 Å². The number of thiocarbonyl (C=S) groups is 1. The second-order valence-electron chi connectivity index (χ2n) is 4.94. The van der Waals surface area contributed by atoms with Crippen molar-refractivity contribution in [1.29, 1.82) is 0 Å². The predicted octanol–water partition coefficient (Wildman–Crippen LogP) is 2.51. The van der Waals surface area contributed by atoms with Gasteiger partial charge in [-0.05, 0) is 43.4 Å². The Labute approximate surface area is 146 Å². The molecule has 2 rings (SSSR count). The lowest BCUT2D eigenvalue weighted by Gasteiger charge is -2.26. The number of hydrogen-bond acceptors (Lipinski definition) is 4. The number of morpholine rings is 1. The lowest BCUT2D eigenvalue weighted by atomic mass is 10.3. The van der Waals surface area contributed by atoms with Crippen LogP contribution in [0.3, 0.4) is 0 Å². The van der Waals surface area contributed by atoms with E-state index in [1.807, 2.05) is 0 Å². The molecule has 0 aliphatic carbocycles. The maximum Gasteiger partial charge on any atom is 0.185 e. The van der Waals surface area contributed by atoms with Crippen molar-refractivity contribution >= 4 is 46.2 Å². The summed E-state index contributed by atoms with van der Waals surface area (Å²) in [6, 6.07) is 5.22. The zero-order valence-electron chi connectivity index (χ0n) is 12.2. The third-order valence-corrected chi connectivity index (χ3v) is 4.08. The molecule has 22 heavy (non-hydrogen) atoms. The molecule has 1 saturated heterocycles. The molecule has 0 radical (unpaired) electrons. The number of hydrazine groups is 1. The van der Waals surface area contributed by atoms with E-state index < -0.39 is 0 Å². The Morgan fingerprint density at radius 3 is 2.77 bits per heavy atom. The van der Waals surface area contributed by atoms with Gasteiger partial charge < -0.3 is 10.1 Å². The molecule has 0 atom stereocenters. The van der Waals surface area contributed by atoms with Crippen LogP contribution in [-0.4, -0.2) is 49.4 Å². The molecule has 1 aromatic rings. The predicted molar refractivity (Wildman–Crippen MR) is 95.7 cm³/mol. The van der Waals surface area contributed by atoms with Crippen LogP contribution in [0.4, 0.5) is 5.69 Å². The molecule has 1 aliphatic rings. The van der Waals surface area contributed by atoms with Gasteiger partial charge in [-0.15, -0.1) is 0 Å². The fraction of sp³-hybridized carbons (Fsp3) is 0.500. The van der Waals surface area contributed by atoms with E-state index in [2.05, 4.69) is 21.1 Å². The van der Waals surface area contributed by atoms with Gasteiger partial charge in [-0.1, -0.05) is 23.2 Å². The monoisotopic (exact) mass is 362 g/mol. The minimum absolute atomic E-state index is 0.535. The van der Waals surface area contributed by atoms with Gasteiger partial charge in [0, 0.05) is 24.7 Å². The number of hydrogen-bond donors (Lipinski definition) is 3. The molecule has 0 bridgehead atoms. The summed E-state index contributed by atoms with van der Waals surface area (Å²) < 4.78 is 5.32. The summed E-state index contributed by atoms with van der Waals surface area (Å²) in [6.45, 7) is 5.56. The van der Waals surface area contributed by atoms with Crippen LogP contribution in [0.25, 0.3) is 0 Å². The zero-order valence-corrected chi connectivity index (χ0v) is 14.5. The molecule has 3 N–H and O–H groups in total. The van der Waals surface area contributed by atoms with E-state index in [1.165, 1.54) is 0 Å². The molecule has 0 saturated carbocycles. The van der Waals surface area contributed by atoms with Crippen molar-refractivity contribution in [3.05, 3.63) is 28.2 Å². The van der Waals surface area contributed by atoms with Gasteiger partial charge in [0.05, 0.1) is 23.9 Å². The first kappa shape index (κ1) is 17.6. The van der Waals surface area contributed by atoms with Crippen molar-refractivity contribution in [1.82, 2.24) is 15.6 Å². The third kappa shape index (κ3) is 6.14. The average molecular weight is 363 g/mol. The highest BCUT2D eigenvalue weighted by Gasteiger charge is 2.09. The van der Waals surface area contributed by atoms with Crippen LogP contribution in [-0.2, 0) is 4.74 Å². The highest BCUT2D eigenvalue weighted by atomic mass is 35.5. The van der Waals surface area contributed by atoms with Crippen molar-refractivity contribution in [3.8, 4) is 0 Å². The number of nitrogens with zero attached hydrogens (tertiary/aromatic N) is 1. The minimum atomic E-state index is 0.535. The second kappa shape index (κ2) is 9.37. The van der Waals surface area contributed by atoms with Crippen LogP contribution in [0.2, 0.25) is 10.0 Å². The summed E-state index contributed by atoms with van der Waals surface area (Å²) in [7, 11) is 0. The molecule has 122 valence electrons. The van der Waals surface area contributed by atoms with E-state index in [1.54, 1.807) is 18.2 Å². The van der Waals surface area contributed by atoms with Gasteiger partial charge in [0.15, 0.2) is 5.11 Å². The van der Waals surface area contributed by atoms with Gasteiger partial charge in [0.2, 0.25) is 0 Å². The molecule has 0 spiro atoms. The summed E-state index contributed by atoms with van der Waals surface area (Å²) in [5.74, 6) is 0. The van der Waals surface area contributed by atoms with Crippen LogP contribution >= 0.6 is 35.4 Å². The van der Waals surface area contributed by atoms with Crippen LogP contribution in [0.15, 0.2) is 18.2 Å². The van der Waals surface area contributed by atoms with Crippen molar-refractivity contribution in [2.24, 2.45) is 0 Å². The number of benzene rings is 1. The van der Waals surface area contributed by atoms with Gasteiger partial charge >= 0.3 is 0 Å². The second-order valence-corrected chi connectivity index (χ2v) is 6.19. The van der Waals surface area contributed by atoms with E-state index in [0.717, 1.165) is 51.5 Å². The van der Waals surface area contributed by atoms with E-state index >= 15 is 0 Å². The number of nitrogens with one attached hydrogen (secondary N) is 3. The fourth-order valence-corrected chi connectivity index (χ4v) is 2.70. The molecule has 5 nitrogen and oxygen atoms in total. The van der Waals surface area contributed by atoms with E-state index in [-0.39, 0.29) is 0 Å². The Morgan fingerprint density at radius 1 is 1.27 bits per heavy atom. The van der Waals surface area contributed by atoms with Gasteiger partial charge in [-0.25, -0.2) is 0 Å². The van der Waals surface area contributed by atoms with Crippen LogP contribution < -0.4 is 16.2 Å². The summed E-state index contributed by atoms with van der Waals surface area (Å²) in [4.78, 5) is 2.40. The topological polar surface area (TPSA) is 48.6 Å². The molecule has 0 aromatic heterocycles. The Morgan fingerprint density at radius 2 is 2.05 bits per heavy atom. The summed E-state index contributed by atoms with van der Waals surface area (Å²) in [6.07, 6.45) is 1.03. The van der Waals surface area contributed by atoms with Crippen molar-refractivity contribution in [2.45, 2.75) is 6.42 Å². The van der Waals surface area contributed by atoms with E-state index in [4.69, 9.17) is 40.2 Å². The molecule has 0 amide bonds. The van der Waals surface area contributed by atoms with Gasteiger partial charge in [-0.3, -0.25) is 15.8 Å². The van der Waals surface area contributed by atoms with Gasteiger partial charge in [-0.2, -0.15) is 0 Å². The average Bonchev–Trinajstić information content (AvgIpc) is 2.52. The summed E-state index contributed by atoms with van der Waals surface area (Å²) in [5.41, 5.74) is 6.59. The SMILES string of the molecule is S=C(NCCCN1CCOCC1)NNc1ccc(Cl)cc1Cl. The minimum Gasteiger partial charge on any atom is -0.379 e. The van der Waals surface area contributed by atoms with Crippen LogP contribution in [0, 0.1) is 0 Å². The van der Waals surface area contributed by atoms with Crippen LogP contribution in [0.5, 0.6) is 0 Å². The lowest BCUT2D eigenvalue weighted by Crippen LogP contribution is -2.41. The van der Waals surface area contributed by atoms with Crippen molar-refractivity contribution in [2.75, 3.05) is 44.8 Å². The molecule has 1 aromatic carbocycles. The van der Waals surface area contributed by atoms with E-state index in [9.17, 15) is 0 Å². The fourth-order valence-electron chi connectivity index (χ4n) is 2.09. The van der Waals surface area contributed by atoms with E-state index in [0.29, 0.717) is 15.2 Å². The molecular weight excluding hydrogens is 343 g/mol. The van der Waals surface area contributed by atoms with Crippen LogP contribution in [0.1, 0.15) is 6.42 Å². The molecule has 1 aliphatic heterocycles. The number of ether oxygens (including phenoxy) is 1. The lowest BCUT2D eigenvalue weighted by molar-refractivity contribution is 0.0376. The quantitative estimate of drug-likeness (QED) is 0.410. The van der Waals surface area contributed by atoms with Crippen molar-refractivity contribution in [3.63, 3.8) is 0 Å². The molecular formula is C14H20Cl2N4OS. The summed E-state index contributed by atoms with van der Waals surface area (Å²) >= 11 is 17.1. The first-order chi connectivity index (χ1) is 10.6. The molecule has 1 heterocycles. The Balaban J connectivity index is 1.59. The Hall–Kier alpha value is -0.790. The molecule has 0 unspecified atom stereocenters. The number of rotatable bonds is 6. The highest BCUT2D eigenvalue weighted by Crippen LogP contribution is 2.24. The maximum atomic E-state index is 6.06. The molecule has 8 heteroatoms. The first-order valence-electron chi connectivity index (χ1n) is 7.20. The third-order valence-electron chi connectivity index (χ3n) is 3.28. The zero-order chi connectivity index (χ0) is 15.8.